The molecule has 0 aliphatic carbocycles. The van der Waals surface area contributed by atoms with Gasteiger partial charge in [-0.15, -0.1) is 11.3 Å². The highest BCUT2D eigenvalue weighted by molar-refractivity contribution is 7.10. The number of urea groups is 1. The van der Waals surface area contributed by atoms with E-state index < -0.39 is 36.4 Å². The number of amides is 4. The zero-order chi connectivity index (χ0) is 15.6. The number of likely N-dealkylation sites (N-methyl/N-ethyl adjacent to an activating group) is 1. The molecule has 2 heterocycles. The second-order valence-corrected chi connectivity index (χ2v) is 5.45. The van der Waals surface area contributed by atoms with Gasteiger partial charge in [-0.3, -0.25) is 14.5 Å². The Balaban J connectivity index is 2.02. The zero-order valence-corrected chi connectivity index (χ0v) is 11.9. The number of nitrogens with zero attached hydrogens (tertiary/aromatic N) is 2. The Morgan fingerprint density at radius 2 is 2.19 bits per heavy atom. The van der Waals surface area contributed by atoms with E-state index in [0.29, 0.717) is 4.88 Å². The number of hydrogen-bond acceptors (Lipinski definition) is 5. The molecule has 1 atom stereocenters. The maximum absolute atomic E-state index is 11.9. The minimum atomic E-state index is -1.21. The lowest BCUT2D eigenvalue weighted by atomic mass is 10.2. The highest BCUT2D eigenvalue weighted by atomic mass is 32.1. The van der Waals surface area contributed by atoms with E-state index in [2.05, 4.69) is 5.32 Å². The maximum Gasteiger partial charge on any atom is 0.331 e. The topological polar surface area (TPSA) is 107 Å². The van der Waals surface area contributed by atoms with Crippen molar-refractivity contribution in [2.75, 3.05) is 20.1 Å². The standard InChI is InChI=1S/C12H13N3O5S/c1-14-6-9(17)15(12(14)20)5-8(16)13-10(11(18)19)7-3-2-4-21-7/h2-4,10H,5-6H2,1H3,(H,13,16)(H,18,19). The Morgan fingerprint density at radius 1 is 1.48 bits per heavy atom. The van der Waals surface area contributed by atoms with Gasteiger partial charge in [0.15, 0.2) is 6.04 Å². The number of carbonyl (C=O) groups excluding carboxylic acids is 3. The van der Waals surface area contributed by atoms with Crippen LogP contribution in [0.5, 0.6) is 0 Å². The van der Waals surface area contributed by atoms with Crippen molar-refractivity contribution in [3.8, 4) is 0 Å². The smallest absolute Gasteiger partial charge is 0.331 e. The summed E-state index contributed by atoms with van der Waals surface area (Å²) < 4.78 is 0. The normalized spacial score (nSPS) is 16.2. The predicted molar refractivity (Wildman–Crippen MR) is 72.6 cm³/mol. The van der Waals surface area contributed by atoms with Crippen molar-refractivity contribution >= 4 is 35.2 Å². The van der Waals surface area contributed by atoms with E-state index in [-0.39, 0.29) is 6.54 Å². The molecule has 2 N–H and O–H groups in total. The number of nitrogens with one attached hydrogen (secondary N) is 1. The first kappa shape index (κ1) is 15.0. The van der Waals surface area contributed by atoms with Gasteiger partial charge in [0.2, 0.25) is 5.91 Å². The van der Waals surface area contributed by atoms with E-state index in [0.717, 1.165) is 4.90 Å². The number of thiophene rings is 1. The van der Waals surface area contributed by atoms with Gasteiger partial charge in [0.05, 0.1) is 0 Å². The molecule has 0 spiro atoms. The summed E-state index contributed by atoms with van der Waals surface area (Å²) >= 11 is 1.19. The van der Waals surface area contributed by atoms with Crippen LogP contribution in [0.2, 0.25) is 0 Å². The largest absolute Gasteiger partial charge is 0.479 e. The van der Waals surface area contributed by atoms with Gasteiger partial charge in [0.1, 0.15) is 13.1 Å². The van der Waals surface area contributed by atoms with Crippen LogP contribution in [0, 0.1) is 0 Å². The van der Waals surface area contributed by atoms with Crippen LogP contribution >= 0.6 is 11.3 Å². The molecule has 2 rings (SSSR count). The molecule has 1 aromatic rings. The monoisotopic (exact) mass is 311 g/mol. The van der Waals surface area contributed by atoms with Gasteiger partial charge < -0.3 is 15.3 Å². The fourth-order valence-electron chi connectivity index (χ4n) is 1.88. The minimum absolute atomic E-state index is 0.0839. The summed E-state index contributed by atoms with van der Waals surface area (Å²) in [5, 5.41) is 13.1. The second-order valence-electron chi connectivity index (χ2n) is 4.47. The Labute approximate surface area is 123 Å². The van der Waals surface area contributed by atoms with Crippen molar-refractivity contribution in [2.45, 2.75) is 6.04 Å². The summed E-state index contributed by atoms with van der Waals surface area (Å²) in [6, 6.07) is 1.50. The van der Waals surface area contributed by atoms with Crippen LogP contribution in [0.15, 0.2) is 17.5 Å². The number of imide groups is 1. The molecule has 1 aliphatic rings. The molecule has 8 nitrogen and oxygen atoms in total. The van der Waals surface area contributed by atoms with Crippen molar-refractivity contribution in [3.63, 3.8) is 0 Å². The van der Waals surface area contributed by atoms with Crippen molar-refractivity contribution in [1.82, 2.24) is 15.1 Å². The number of carboxylic acid groups (broad SMARTS) is 1. The van der Waals surface area contributed by atoms with Gasteiger partial charge in [0.25, 0.3) is 5.91 Å². The molecule has 1 aromatic heterocycles. The lowest BCUT2D eigenvalue weighted by Gasteiger charge is -2.16. The summed E-state index contributed by atoms with van der Waals surface area (Å²) in [4.78, 5) is 48.7. The quantitative estimate of drug-likeness (QED) is 0.738. The van der Waals surface area contributed by atoms with E-state index in [9.17, 15) is 19.2 Å². The Kier molecular flexibility index (Phi) is 4.22. The number of carbonyl (C=O) groups is 4. The van der Waals surface area contributed by atoms with Gasteiger partial charge in [-0.1, -0.05) is 6.07 Å². The molecule has 1 saturated heterocycles. The van der Waals surface area contributed by atoms with Gasteiger partial charge in [-0.2, -0.15) is 0 Å². The van der Waals surface area contributed by atoms with E-state index in [4.69, 9.17) is 5.11 Å². The van der Waals surface area contributed by atoms with Crippen LogP contribution < -0.4 is 5.32 Å². The average Bonchev–Trinajstić information content (AvgIpc) is 3.01. The first-order valence-corrected chi connectivity index (χ1v) is 6.89. The average molecular weight is 311 g/mol. The fourth-order valence-corrected chi connectivity index (χ4v) is 2.65. The third-order valence-electron chi connectivity index (χ3n) is 2.91. The second kappa shape index (κ2) is 5.92. The lowest BCUT2D eigenvalue weighted by molar-refractivity contribution is -0.142. The molecular formula is C12H13N3O5S. The third-order valence-corrected chi connectivity index (χ3v) is 3.85. The summed E-state index contributed by atoms with van der Waals surface area (Å²) in [5.74, 6) is -2.39. The Bertz CT molecular complexity index is 586. The molecule has 9 heteroatoms. The first-order valence-electron chi connectivity index (χ1n) is 6.01. The lowest BCUT2D eigenvalue weighted by Crippen LogP contribution is -2.43. The molecule has 0 radical (unpaired) electrons. The molecule has 0 bridgehead atoms. The van der Waals surface area contributed by atoms with Crippen LogP contribution in [0.25, 0.3) is 0 Å². The molecule has 112 valence electrons. The van der Waals surface area contributed by atoms with E-state index in [1.165, 1.54) is 23.3 Å². The summed E-state index contributed by atoms with van der Waals surface area (Å²) in [5.41, 5.74) is 0. The highest BCUT2D eigenvalue weighted by Crippen LogP contribution is 2.19. The Morgan fingerprint density at radius 3 is 2.67 bits per heavy atom. The fraction of sp³-hybridized carbons (Fsp3) is 0.333. The third kappa shape index (κ3) is 3.19. The molecule has 1 aliphatic heterocycles. The van der Waals surface area contributed by atoms with Gasteiger partial charge in [0, 0.05) is 11.9 Å². The molecule has 0 saturated carbocycles. The molecular weight excluding hydrogens is 298 g/mol. The van der Waals surface area contributed by atoms with Crippen LogP contribution in [0.1, 0.15) is 10.9 Å². The SMILES string of the molecule is CN1CC(=O)N(CC(=O)NC(C(=O)O)c2cccs2)C1=O. The summed E-state index contributed by atoms with van der Waals surface area (Å²) in [6.45, 7) is -0.573. The van der Waals surface area contributed by atoms with E-state index >= 15 is 0 Å². The van der Waals surface area contributed by atoms with Gasteiger partial charge in [-0.25, -0.2) is 9.59 Å². The maximum atomic E-state index is 11.9. The number of carboxylic acids is 1. The van der Waals surface area contributed by atoms with Gasteiger partial charge in [-0.05, 0) is 11.4 Å². The molecule has 21 heavy (non-hydrogen) atoms. The molecule has 1 fully saturated rings. The first-order chi connectivity index (χ1) is 9.90. The van der Waals surface area contributed by atoms with Crippen LogP contribution in [0.4, 0.5) is 4.79 Å². The number of rotatable bonds is 5. The molecule has 0 aromatic carbocycles. The zero-order valence-electron chi connectivity index (χ0n) is 11.1. The van der Waals surface area contributed by atoms with Gasteiger partial charge >= 0.3 is 12.0 Å². The van der Waals surface area contributed by atoms with Crippen LogP contribution in [-0.4, -0.2) is 58.9 Å². The van der Waals surface area contributed by atoms with E-state index in [1.54, 1.807) is 17.5 Å². The van der Waals surface area contributed by atoms with E-state index in [1.807, 2.05) is 0 Å². The summed E-state index contributed by atoms with van der Waals surface area (Å²) in [6.07, 6.45) is 0. The molecule has 1 unspecified atom stereocenters. The molecule has 4 amide bonds. The predicted octanol–water partition coefficient (Wildman–Crippen LogP) is -0.116. The number of aliphatic carboxylic acids is 1. The van der Waals surface area contributed by atoms with Crippen molar-refractivity contribution < 1.29 is 24.3 Å². The van der Waals surface area contributed by atoms with Crippen molar-refractivity contribution in [2.24, 2.45) is 0 Å². The number of hydrogen-bond donors (Lipinski definition) is 2. The van der Waals surface area contributed by atoms with Crippen molar-refractivity contribution in [3.05, 3.63) is 22.4 Å². The highest BCUT2D eigenvalue weighted by Gasteiger charge is 2.35. The van der Waals surface area contributed by atoms with Crippen LogP contribution in [-0.2, 0) is 14.4 Å². The van der Waals surface area contributed by atoms with Crippen molar-refractivity contribution in [1.29, 1.82) is 0 Å². The van der Waals surface area contributed by atoms with Crippen LogP contribution in [0.3, 0.4) is 0 Å². The summed E-state index contributed by atoms with van der Waals surface area (Å²) in [7, 11) is 1.45. The minimum Gasteiger partial charge on any atom is -0.479 e. The Hall–Kier alpha value is -2.42.